The van der Waals surface area contributed by atoms with Gasteiger partial charge >= 0.3 is 0 Å². The summed E-state index contributed by atoms with van der Waals surface area (Å²) in [5.74, 6) is 0.873. The lowest BCUT2D eigenvalue weighted by molar-refractivity contribution is -0.383. The van der Waals surface area contributed by atoms with Crippen LogP contribution in [-0.4, -0.2) is 36.4 Å². The number of thioether (sulfide) groups is 1. The van der Waals surface area contributed by atoms with Crippen LogP contribution in [0.3, 0.4) is 0 Å². The van der Waals surface area contributed by atoms with Gasteiger partial charge in [0.25, 0.3) is 11.6 Å². The summed E-state index contributed by atoms with van der Waals surface area (Å²) in [4.78, 5) is 22.2. The van der Waals surface area contributed by atoms with Crippen LogP contribution in [0.4, 0.5) is 11.4 Å². The second kappa shape index (κ2) is 8.42. The van der Waals surface area contributed by atoms with Crippen molar-refractivity contribution in [1.29, 1.82) is 0 Å². The zero-order valence-corrected chi connectivity index (χ0v) is 12.5. The average molecular weight is 297 g/mol. The Morgan fingerprint density at radius 2 is 2.15 bits per heavy atom. The Kier molecular flexibility index (Phi) is 6.86. The molecule has 0 atom stereocenters. The Balaban J connectivity index is 2.62. The van der Waals surface area contributed by atoms with Crippen LogP contribution in [0.1, 0.15) is 23.2 Å². The van der Waals surface area contributed by atoms with Gasteiger partial charge in [-0.05, 0) is 37.0 Å². The molecule has 1 rings (SSSR count). The number of hydrogen-bond acceptors (Lipinski definition) is 5. The van der Waals surface area contributed by atoms with Crippen LogP contribution in [-0.2, 0) is 0 Å². The molecule has 0 saturated carbocycles. The van der Waals surface area contributed by atoms with E-state index < -0.39 is 4.92 Å². The van der Waals surface area contributed by atoms with Gasteiger partial charge < -0.3 is 10.6 Å². The Morgan fingerprint density at radius 1 is 1.40 bits per heavy atom. The first-order chi connectivity index (χ1) is 9.60. The third-order valence-electron chi connectivity index (χ3n) is 2.79. The highest BCUT2D eigenvalue weighted by atomic mass is 32.2. The number of nitro groups is 1. The predicted octanol–water partition coefficient (Wildman–Crippen LogP) is 2.51. The number of anilines is 1. The van der Waals surface area contributed by atoms with Crippen LogP contribution in [0.25, 0.3) is 0 Å². The van der Waals surface area contributed by atoms with E-state index in [1.807, 2.05) is 0 Å². The second-order valence-corrected chi connectivity index (χ2v) is 5.18. The number of amides is 1. The van der Waals surface area contributed by atoms with Crippen LogP contribution in [0.5, 0.6) is 0 Å². The minimum Gasteiger partial charge on any atom is -0.383 e. The lowest BCUT2D eigenvalue weighted by Gasteiger charge is -2.07. The molecule has 0 fully saturated rings. The fraction of sp³-hybridized carbons (Fsp3) is 0.462. The topological polar surface area (TPSA) is 84.3 Å². The summed E-state index contributed by atoms with van der Waals surface area (Å²) in [5.41, 5.74) is 0.721. The molecule has 0 aliphatic rings. The van der Waals surface area contributed by atoms with E-state index in [0.29, 0.717) is 17.8 Å². The molecule has 110 valence electrons. The molecule has 0 saturated heterocycles. The summed E-state index contributed by atoms with van der Waals surface area (Å²) in [6, 6.07) is 4.31. The second-order valence-electron chi connectivity index (χ2n) is 4.19. The van der Waals surface area contributed by atoms with Crippen LogP contribution >= 0.6 is 11.8 Å². The van der Waals surface area contributed by atoms with Crippen molar-refractivity contribution in [1.82, 2.24) is 5.32 Å². The quantitative estimate of drug-likeness (QED) is 0.437. The molecule has 7 heteroatoms. The zero-order valence-electron chi connectivity index (χ0n) is 11.6. The average Bonchev–Trinajstić information content (AvgIpc) is 2.45. The van der Waals surface area contributed by atoms with Crippen molar-refractivity contribution in [2.24, 2.45) is 0 Å². The maximum absolute atomic E-state index is 11.9. The highest BCUT2D eigenvalue weighted by Crippen LogP contribution is 2.24. The lowest BCUT2D eigenvalue weighted by Crippen LogP contribution is -2.24. The van der Waals surface area contributed by atoms with Crippen molar-refractivity contribution < 1.29 is 9.72 Å². The van der Waals surface area contributed by atoms with Gasteiger partial charge in [0, 0.05) is 25.2 Å². The maximum Gasteiger partial charge on any atom is 0.292 e. The molecule has 0 radical (unpaired) electrons. The van der Waals surface area contributed by atoms with E-state index in [1.165, 1.54) is 18.2 Å². The van der Waals surface area contributed by atoms with Gasteiger partial charge in [0.1, 0.15) is 5.69 Å². The van der Waals surface area contributed by atoms with E-state index in [2.05, 4.69) is 16.9 Å². The van der Waals surface area contributed by atoms with E-state index in [4.69, 9.17) is 0 Å². The minimum absolute atomic E-state index is 0.0379. The molecule has 20 heavy (non-hydrogen) atoms. The molecule has 1 amide bonds. The molecular formula is C13H19N3O3S. The van der Waals surface area contributed by atoms with Crippen LogP contribution < -0.4 is 10.6 Å². The zero-order chi connectivity index (χ0) is 15.0. The first-order valence-corrected chi connectivity index (χ1v) is 7.73. The smallest absolute Gasteiger partial charge is 0.292 e. The fourth-order valence-corrected chi connectivity index (χ4v) is 2.20. The van der Waals surface area contributed by atoms with E-state index in [1.54, 1.807) is 18.8 Å². The molecule has 0 aromatic heterocycles. The van der Waals surface area contributed by atoms with Crippen LogP contribution in [0, 0.1) is 10.1 Å². The Hall–Kier alpha value is -1.76. The highest BCUT2D eigenvalue weighted by molar-refractivity contribution is 7.98. The van der Waals surface area contributed by atoms with E-state index >= 15 is 0 Å². The standard InChI is InChI=1S/C13H19N3O3S/c1-14-11-9-10(5-6-12(11)16(18)19)13(17)15-7-3-4-8-20-2/h5-6,9,14H,3-4,7-8H2,1-2H3,(H,15,17). The van der Waals surface area contributed by atoms with Crippen molar-refractivity contribution in [2.45, 2.75) is 12.8 Å². The summed E-state index contributed by atoms with van der Waals surface area (Å²) < 4.78 is 0. The monoisotopic (exact) mass is 297 g/mol. The van der Waals surface area contributed by atoms with Crippen molar-refractivity contribution in [3.63, 3.8) is 0 Å². The van der Waals surface area contributed by atoms with Gasteiger partial charge in [-0.3, -0.25) is 14.9 Å². The Morgan fingerprint density at radius 3 is 2.75 bits per heavy atom. The summed E-state index contributed by atoms with van der Waals surface area (Å²) in [7, 11) is 1.59. The number of hydrogen-bond donors (Lipinski definition) is 2. The Bertz CT molecular complexity index is 480. The third-order valence-corrected chi connectivity index (χ3v) is 3.48. The molecule has 0 spiro atoms. The SMILES string of the molecule is CNc1cc(C(=O)NCCCCSC)ccc1[N+](=O)[O-]. The van der Waals surface area contributed by atoms with Gasteiger partial charge in [0.2, 0.25) is 0 Å². The maximum atomic E-state index is 11.9. The van der Waals surface area contributed by atoms with Crippen molar-refractivity contribution >= 4 is 29.0 Å². The van der Waals surface area contributed by atoms with E-state index in [0.717, 1.165) is 18.6 Å². The molecular weight excluding hydrogens is 278 g/mol. The summed E-state index contributed by atoms with van der Waals surface area (Å²) in [6.45, 7) is 0.616. The van der Waals surface area contributed by atoms with Gasteiger partial charge in [-0.2, -0.15) is 11.8 Å². The van der Waals surface area contributed by atoms with Crippen LogP contribution in [0.15, 0.2) is 18.2 Å². The number of unbranched alkanes of at least 4 members (excludes halogenated alkanes) is 1. The van der Waals surface area contributed by atoms with Gasteiger partial charge in [0.15, 0.2) is 0 Å². The van der Waals surface area contributed by atoms with E-state index in [-0.39, 0.29) is 11.6 Å². The largest absolute Gasteiger partial charge is 0.383 e. The molecule has 0 aliphatic carbocycles. The normalized spacial score (nSPS) is 10.1. The number of nitrogens with zero attached hydrogens (tertiary/aromatic N) is 1. The summed E-state index contributed by atoms with van der Waals surface area (Å²) in [6.07, 6.45) is 4.04. The summed E-state index contributed by atoms with van der Waals surface area (Å²) >= 11 is 1.78. The molecule has 1 aromatic carbocycles. The highest BCUT2D eigenvalue weighted by Gasteiger charge is 2.15. The van der Waals surface area contributed by atoms with Crippen LogP contribution in [0.2, 0.25) is 0 Å². The molecule has 0 bridgehead atoms. The molecule has 0 unspecified atom stereocenters. The number of carbonyl (C=O) groups excluding carboxylic acids is 1. The molecule has 1 aromatic rings. The number of carbonyl (C=O) groups is 1. The third kappa shape index (κ3) is 4.73. The number of rotatable bonds is 8. The number of nitrogens with one attached hydrogen (secondary N) is 2. The van der Waals surface area contributed by atoms with E-state index in [9.17, 15) is 14.9 Å². The molecule has 6 nitrogen and oxygen atoms in total. The van der Waals surface area contributed by atoms with Gasteiger partial charge in [-0.15, -0.1) is 0 Å². The van der Waals surface area contributed by atoms with Crippen molar-refractivity contribution in [3.05, 3.63) is 33.9 Å². The molecule has 0 heterocycles. The Labute approximate surface area is 122 Å². The first-order valence-electron chi connectivity index (χ1n) is 6.33. The predicted molar refractivity (Wildman–Crippen MR) is 82.6 cm³/mol. The lowest BCUT2D eigenvalue weighted by atomic mass is 10.1. The number of benzene rings is 1. The minimum atomic E-state index is -0.476. The van der Waals surface area contributed by atoms with Crippen molar-refractivity contribution in [3.8, 4) is 0 Å². The van der Waals surface area contributed by atoms with Gasteiger partial charge in [-0.1, -0.05) is 0 Å². The molecule has 0 aliphatic heterocycles. The molecule has 2 N–H and O–H groups in total. The van der Waals surface area contributed by atoms with Gasteiger partial charge in [0.05, 0.1) is 4.92 Å². The first kappa shape index (κ1) is 16.3. The fourth-order valence-electron chi connectivity index (χ4n) is 1.71. The van der Waals surface area contributed by atoms with Gasteiger partial charge in [-0.25, -0.2) is 0 Å². The van der Waals surface area contributed by atoms with Crippen molar-refractivity contribution in [2.75, 3.05) is 30.9 Å². The number of nitro benzene ring substituents is 1. The summed E-state index contributed by atoms with van der Waals surface area (Å²) in [5, 5.41) is 16.3.